The number of halogens is 2. The van der Waals surface area contributed by atoms with Crippen LogP contribution >= 0.6 is 23.2 Å². The van der Waals surface area contributed by atoms with Crippen molar-refractivity contribution in [3.63, 3.8) is 0 Å². The van der Waals surface area contributed by atoms with Crippen molar-refractivity contribution in [2.24, 2.45) is 0 Å². The summed E-state index contributed by atoms with van der Waals surface area (Å²) in [6, 6.07) is 5.87. The summed E-state index contributed by atoms with van der Waals surface area (Å²) in [5, 5.41) is 0.724. The molecular formula is C13H14Cl2N2. The van der Waals surface area contributed by atoms with Crippen molar-refractivity contribution in [1.29, 1.82) is 0 Å². The summed E-state index contributed by atoms with van der Waals surface area (Å²) >= 11 is 12.0. The summed E-state index contributed by atoms with van der Waals surface area (Å²) in [5.74, 6) is 1.40. The molecule has 0 aliphatic heterocycles. The zero-order chi connectivity index (χ0) is 12.0. The van der Waals surface area contributed by atoms with Gasteiger partial charge in [0.1, 0.15) is 5.82 Å². The van der Waals surface area contributed by atoms with Gasteiger partial charge >= 0.3 is 0 Å². The second kappa shape index (κ2) is 3.89. The molecule has 17 heavy (non-hydrogen) atoms. The van der Waals surface area contributed by atoms with Crippen LogP contribution in [-0.2, 0) is 11.4 Å². The molecule has 0 saturated heterocycles. The van der Waals surface area contributed by atoms with Crippen molar-refractivity contribution >= 4 is 34.2 Å². The van der Waals surface area contributed by atoms with Crippen molar-refractivity contribution < 1.29 is 0 Å². The molecule has 4 heteroatoms. The van der Waals surface area contributed by atoms with Gasteiger partial charge < -0.3 is 4.57 Å². The maximum atomic E-state index is 6.01. The monoisotopic (exact) mass is 268 g/mol. The van der Waals surface area contributed by atoms with Crippen LogP contribution in [0.15, 0.2) is 18.2 Å². The van der Waals surface area contributed by atoms with Crippen LogP contribution in [0.4, 0.5) is 0 Å². The lowest BCUT2D eigenvalue weighted by Gasteiger charge is -2.41. The van der Waals surface area contributed by atoms with Crippen molar-refractivity contribution in [2.45, 2.75) is 37.6 Å². The maximum Gasteiger partial charge on any atom is 0.125 e. The molecule has 1 aromatic heterocycles. The molecule has 0 atom stereocenters. The largest absolute Gasteiger partial charge is 0.321 e. The Kier molecular flexibility index (Phi) is 2.60. The van der Waals surface area contributed by atoms with Crippen LogP contribution in [0.3, 0.4) is 0 Å². The fourth-order valence-electron chi connectivity index (χ4n) is 2.71. The van der Waals surface area contributed by atoms with E-state index in [2.05, 4.69) is 16.5 Å². The normalized spacial score (nSPS) is 18.3. The minimum Gasteiger partial charge on any atom is -0.321 e. The summed E-state index contributed by atoms with van der Waals surface area (Å²) in [4.78, 5) is 4.59. The lowest BCUT2D eigenvalue weighted by atomic mass is 9.78. The van der Waals surface area contributed by atoms with E-state index in [9.17, 15) is 0 Å². The predicted molar refractivity (Wildman–Crippen MR) is 71.8 cm³/mol. The first-order valence-corrected chi connectivity index (χ1v) is 6.79. The predicted octanol–water partition coefficient (Wildman–Crippen LogP) is 4.33. The zero-order valence-electron chi connectivity index (χ0n) is 9.71. The number of benzene rings is 1. The molecule has 0 radical (unpaired) electrons. The van der Waals surface area contributed by atoms with Gasteiger partial charge in [-0.25, -0.2) is 4.98 Å². The zero-order valence-corrected chi connectivity index (χ0v) is 11.2. The summed E-state index contributed by atoms with van der Waals surface area (Å²) in [6.07, 6.45) is 3.68. The Bertz CT molecular complexity index is 570. The molecule has 0 spiro atoms. The van der Waals surface area contributed by atoms with Gasteiger partial charge in [0, 0.05) is 10.6 Å². The Balaban J connectivity index is 2.27. The number of imidazole rings is 1. The summed E-state index contributed by atoms with van der Waals surface area (Å²) in [7, 11) is 0. The number of aromatic nitrogens is 2. The lowest BCUT2D eigenvalue weighted by molar-refractivity contribution is 0.171. The molecular weight excluding hydrogens is 255 g/mol. The lowest BCUT2D eigenvalue weighted by Crippen LogP contribution is -2.38. The maximum absolute atomic E-state index is 6.01. The quantitative estimate of drug-likeness (QED) is 0.742. The third-order valence-electron chi connectivity index (χ3n) is 3.78. The van der Waals surface area contributed by atoms with Crippen molar-refractivity contribution in [2.75, 3.05) is 0 Å². The summed E-state index contributed by atoms with van der Waals surface area (Å²) in [5.41, 5.74) is 2.28. The second-order valence-electron chi connectivity index (χ2n) is 4.98. The Labute approximate surface area is 111 Å². The second-order valence-corrected chi connectivity index (χ2v) is 5.68. The number of rotatable bonds is 2. The van der Waals surface area contributed by atoms with Crippen molar-refractivity contribution in [3.05, 3.63) is 29.0 Å². The van der Waals surface area contributed by atoms with Crippen LogP contribution in [0, 0.1) is 0 Å². The minimum absolute atomic E-state index is 0.187. The van der Waals surface area contributed by atoms with E-state index < -0.39 is 0 Å². The number of alkyl halides is 1. The van der Waals surface area contributed by atoms with Gasteiger partial charge in [0.15, 0.2) is 0 Å². The molecule has 2 nitrogen and oxygen atoms in total. The Morgan fingerprint density at radius 2 is 2.18 bits per heavy atom. The minimum atomic E-state index is 0.187. The third kappa shape index (κ3) is 1.66. The molecule has 1 heterocycles. The van der Waals surface area contributed by atoms with Crippen LogP contribution < -0.4 is 0 Å². The van der Waals surface area contributed by atoms with E-state index in [1.807, 2.05) is 18.2 Å². The molecule has 2 aromatic rings. The topological polar surface area (TPSA) is 17.8 Å². The highest BCUT2D eigenvalue weighted by Gasteiger charge is 2.36. The van der Waals surface area contributed by atoms with Gasteiger partial charge in [-0.2, -0.15) is 0 Å². The van der Waals surface area contributed by atoms with Gasteiger partial charge in [-0.05, 0) is 44.4 Å². The van der Waals surface area contributed by atoms with Crippen molar-refractivity contribution in [1.82, 2.24) is 9.55 Å². The van der Waals surface area contributed by atoms with E-state index in [1.165, 1.54) is 19.3 Å². The van der Waals surface area contributed by atoms with Crippen molar-refractivity contribution in [3.8, 4) is 0 Å². The first-order chi connectivity index (χ1) is 8.14. The molecule has 1 aromatic carbocycles. The van der Waals surface area contributed by atoms with Crippen LogP contribution in [0.25, 0.3) is 11.0 Å². The first kappa shape index (κ1) is 11.4. The van der Waals surface area contributed by atoms with Gasteiger partial charge in [-0.15, -0.1) is 11.6 Å². The molecule has 1 fully saturated rings. The Morgan fingerprint density at radius 1 is 1.41 bits per heavy atom. The van der Waals surface area contributed by atoms with E-state index in [-0.39, 0.29) is 5.54 Å². The highest BCUT2D eigenvalue weighted by atomic mass is 35.5. The van der Waals surface area contributed by atoms with Gasteiger partial charge in [0.05, 0.1) is 16.9 Å². The SMILES string of the molecule is CC1(n2c(CCl)nc3cc(Cl)ccc32)CCC1. The van der Waals surface area contributed by atoms with Gasteiger partial charge in [-0.3, -0.25) is 0 Å². The Hall–Kier alpha value is -0.730. The molecule has 0 amide bonds. The molecule has 0 unspecified atom stereocenters. The van der Waals surface area contributed by atoms with E-state index in [0.717, 1.165) is 21.9 Å². The van der Waals surface area contributed by atoms with Crippen LogP contribution in [0.1, 0.15) is 32.0 Å². The van der Waals surface area contributed by atoms with Crippen LogP contribution in [0.2, 0.25) is 5.02 Å². The van der Waals surface area contributed by atoms with Crippen LogP contribution in [-0.4, -0.2) is 9.55 Å². The summed E-state index contributed by atoms with van der Waals surface area (Å²) < 4.78 is 2.30. The van der Waals surface area contributed by atoms with E-state index >= 15 is 0 Å². The first-order valence-electron chi connectivity index (χ1n) is 5.87. The molecule has 1 aliphatic rings. The van der Waals surface area contributed by atoms with E-state index in [4.69, 9.17) is 23.2 Å². The van der Waals surface area contributed by atoms with E-state index in [0.29, 0.717) is 5.88 Å². The fourth-order valence-corrected chi connectivity index (χ4v) is 3.05. The highest BCUT2D eigenvalue weighted by molar-refractivity contribution is 6.31. The van der Waals surface area contributed by atoms with Crippen LogP contribution in [0.5, 0.6) is 0 Å². The average molecular weight is 269 g/mol. The van der Waals surface area contributed by atoms with Gasteiger partial charge in [-0.1, -0.05) is 11.6 Å². The number of hydrogen-bond donors (Lipinski definition) is 0. The third-order valence-corrected chi connectivity index (χ3v) is 4.25. The van der Waals surface area contributed by atoms with Gasteiger partial charge in [0.25, 0.3) is 0 Å². The standard InChI is InChI=1S/C13H14Cl2N2/c1-13(5-2-6-13)17-11-4-3-9(15)7-10(11)16-12(17)8-14/h3-4,7H,2,5-6,8H2,1H3. The molecule has 1 aliphatic carbocycles. The number of fused-ring (bicyclic) bond motifs is 1. The van der Waals surface area contributed by atoms with E-state index in [1.54, 1.807) is 0 Å². The molecule has 0 N–H and O–H groups in total. The molecule has 0 bridgehead atoms. The number of hydrogen-bond acceptors (Lipinski definition) is 1. The number of nitrogens with zero attached hydrogens (tertiary/aromatic N) is 2. The average Bonchev–Trinajstić information content (AvgIpc) is 2.63. The smallest absolute Gasteiger partial charge is 0.125 e. The fraction of sp³-hybridized carbons (Fsp3) is 0.462. The highest BCUT2D eigenvalue weighted by Crippen LogP contribution is 2.42. The molecule has 3 rings (SSSR count). The van der Waals surface area contributed by atoms with Gasteiger partial charge in [0.2, 0.25) is 0 Å². The summed E-state index contributed by atoms with van der Waals surface area (Å²) in [6.45, 7) is 2.28. The Morgan fingerprint density at radius 3 is 2.76 bits per heavy atom. The molecule has 1 saturated carbocycles. The molecule has 90 valence electrons.